The third-order valence-electron chi connectivity index (χ3n) is 14.0. The molecule has 0 heterocycles. The highest BCUT2D eigenvalue weighted by Crippen LogP contribution is 2.77. The molecule has 0 bridgehead atoms. The summed E-state index contributed by atoms with van der Waals surface area (Å²) in [6.07, 6.45) is 10.9. The fourth-order valence-electron chi connectivity index (χ4n) is 12.1. The smallest absolute Gasteiger partial charge is 0.309 e. The second-order valence-corrected chi connectivity index (χ2v) is 15.6. The fourth-order valence-corrected chi connectivity index (χ4v) is 12.1. The molecule has 4 heteroatoms. The first-order chi connectivity index (χ1) is 16.6. The lowest BCUT2D eigenvalue weighted by molar-refractivity contribution is -0.251. The molecule has 0 saturated heterocycles. The Labute approximate surface area is 219 Å². The van der Waals surface area contributed by atoms with Crippen LogP contribution in [-0.4, -0.2) is 23.1 Å². The molecule has 5 rings (SSSR count). The van der Waals surface area contributed by atoms with Gasteiger partial charge in [0.05, 0.1) is 5.41 Å². The van der Waals surface area contributed by atoms with Crippen molar-refractivity contribution in [3.63, 3.8) is 0 Å². The molecule has 0 aromatic rings. The highest BCUT2D eigenvalue weighted by atomic mass is 16.5. The number of aliphatic carboxylic acids is 1. The molecule has 4 nitrogen and oxygen atoms in total. The van der Waals surface area contributed by atoms with E-state index < -0.39 is 11.4 Å². The van der Waals surface area contributed by atoms with Crippen molar-refractivity contribution in [3.8, 4) is 0 Å². The van der Waals surface area contributed by atoms with Crippen LogP contribution in [0.25, 0.3) is 0 Å². The Morgan fingerprint density at radius 3 is 2.11 bits per heavy atom. The Morgan fingerprint density at radius 2 is 1.50 bits per heavy atom. The number of hydrogen-bond acceptors (Lipinski definition) is 3. The summed E-state index contributed by atoms with van der Waals surface area (Å²) in [6, 6.07) is 0. The number of carboxylic acid groups (broad SMARTS) is 1. The van der Waals surface area contributed by atoms with Crippen LogP contribution in [0, 0.1) is 62.6 Å². The Hall–Kier alpha value is -1.06. The van der Waals surface area contributed by atoms with Crippen LogP contribution in [0.2, 0.25) is 0 Å². The summed E-state index contributed by atoms with van der Waals surface area (Å²) >= 11 is 0. The Balaban J connectivity index is 1.52. The maximum absolute atomic E-state index is 12.8. The van der Waals surface area contributed by atoms with Gasteiger partial charge < -0.3 is 9.84 Å². The number of hydrogen-bond donors (Lipinski definition) is 1. The van der Waals surface area contributed by atoms with Crippen molar-refractivity contribution in [1.82, 2.24) is 0 Å². The third kappa shape index (κ3) is 3.23. The second kappa shape index (κ2) is 8.22. The van der Waals surface area contributed by atoms with E-state index in [4.69, 9.17) is 4.74 Å². The van der Waals surface area contributed by atoms with Crippen LogP contribution in [0.5, 0.6) is 0 Å². The van der Waals surface area contributed by atoms with Crippen molar-refractivity contribution < 1.29 is 19.4 Å². The lowest BCUT2D eigenvalue weighted by Crippen LogP contribution is -2.67. The number of rotatable bonds is 3. The van der Waals surface area contributed by atoms with Crippen molar-refractivity contribution in [2.24, 2.45) is 62.6 Å². The molecule has 5 aliphatic carbocycles. The first kappa shape index (κ1) is 26.5. The van der Waals surface area contributed by atoms with Crippen LogP contribution >= 0.6 is 0 Å². The van der Waals surface area contributed by atoms with Crippen molar-refractivity contribution in [1.29, 1.82) is 0 Å². The summed E-state index contributed by atoms with van der Waals surface area (Å²) in [7, 11) is 0. The van der Waals surface area contributed by atoms with Gasteiger partial charge in [-0.3, -0.25) is 9.59 Å². The largest absolute Gasteiger partial charge is 0.481 e. The van der Waals surface area contributed by atoms with Crippen LogP contribution in [0.15, 0.2) is 0 Å². The average Bonchev–Trinajstić information content (AvgIpc) is 3.17. The molecule has 0 radical (unpaired) electrons. The molecule has 0 aliphatic heterocycles. The van der Waals surface area contributed by atoms with Gasteiger partial charge in [-0.25, -0.2) is 0 Å². The van der Waals surface area contributed by atoms with Gasteiger partial charge in [-0.05, 0) is 116 Å². The van der Waals surface area contributed by atoms with Gasteiger partial charge in [0.1, 0.15) is 6.10 Å². The van der Waals surface area contributed by atoms with Crippen molar-refractivity contribution >= 4 is 11.9 Å². The molecule has 1 N–H and O–H groups in total. The second-order valence-electron chi connectivity index (χ2n) is 15.6. The molecule has 204 valence electrons. The molecule has 0 spiro atoms. The van der Waals surface area contributed by atoms with E-state index in [-0.39, 0.29) is 33.7 Å². The van der Waals surface area contributed by atoms with E-state index in [1.807, 2.05) is 0 Å². The standard InChI is InChI=1S/C32H52O4/c1-19(2)21-11-16-32(27(34)35)18-17-30(7)22(26(21)32)9-10-24-29(6)14-13-25(36-20(3)33)28(4,5)23(29)12-15-31(24,30)8/h19,21-26H,9-18H2,1-8H3,(H,34,35)/t21-,22+,23-,24+,25-,26+,29-,30+,31+,32?/m0/s1. The summed E-state index contributed by atoms with van der Waals surface area (Å²) < 4.78 is 5.89. The molecule has 10 atom stereocenters. The summed E-state index contributed by atoms with van der Waals surface area (Å²) in [6.45, 7) is 18.7. The minimum Gasteiger partial charge on any atom is -0.481 e. The lowest BCUT2D eigenvalue weighted by Gasteiger charge is -2.72. The van der Waals surface area contributed by atoms with E-state index in [1.165, 1.54) is 25.7 Å². The average molecular weight is 501 g/mol. The zero-order valence-corrected chi connectivity index (χ0v) is 24.3. The van der Waals surface area contributed by atoms with E-state index >= 15 is 0 Å². The molecule has 5 fully saturated rings. The van der Waals surface area contributed by atoms with Gasteiger partial charge in [0.25, 0.3) is 0 Å². The molecule has 5 aliphatic rings. The van der Waals surface area contributed by atoms with Gasteiger partial charge in [-0.1, -0.05) is 48.5 Å². The summed E-state index contributed by atoms with van der Waals surface area (Å²) in [5.74, 6) is 2.48. The van der Waals surface area contributed by atoms with Crippen molar-refractivity contribution in [2.75, 3.05) is 0 Å². The predicted molar refractivity (Wildman–Crippen MR) is 142 cm³/mol. The minimum absolute atomic E-state index is 0.0144. The van der Waals surface area contributed by atoms with Crippen molar-refractivity contribution in [3.05, 3.63) is 0 Å². The van der Waals surface area contributed by atoms with E-state index in [0.29, 0.717) is 35.5 Å². The molecule has 36 heavy (non-hydrogen) atoms. The van der Waals surface area contributed by atoms with E-state index in [1.54, 1.807) is 6.92 Å². The number of carboxylic acids is 1. The molecular formula is C32H52O4. The molecule has 1 unspecified atom stereocenters. The topological polar surface area (TPSA) is 63.6 Å². The predicted octanol–water partition coefficient (Wildman–Crippen LogP) is 7.74. The number of carbonyl (C=O) groups is 2. The molecular weight excluding hydrogens is 448 g/mol. The van der Waals surface area contributed by atoms with E-state index in [0.717, 1.165) is 38.5 Å². The molecule has 0 aromatic heterocycles. The quantitative estimate of drug-likeness (QED) is 0.403. The number of carbonyl (C=O) groups excluding carboxylic acids is 1. The summed E-state index contributed by atoms with van der Waals surface area (Å²) in [4.78, 5) is 24.7. The highest BCUT2D eigenvalue weighted by molar-refractivity contribution is 5.76. The Morgan fingerprint density at radius 1 is 0.806 bits per heavy atom. The lowest BCUT2D eigenvalue weighted by atomic mass is 9.32. The van der Waals surface area contributed by atoms with Gasteiger partial charge in [0, 0.05) is 12.3 Å². The van der Waals surface area contributed by atoms with Gasteiger partial charge in [0.15, 0.2) is 0 Å². The Bertz CT molecular complexity index is 923. The normalized spacial score (nSPS) is 51.5. The van der Waals surface area contributed by atoms with Crippen LogP contribution < -0.4 is 0 Å². The number of esters is 1. The SMILES string of the molecule is CC(=O)O[C@H]1CC[C@]2(C)[C@H]3CC[C@@H]4[C@H]5[C@H](C(C)C)CCC5(C(=O)O)CC[C@@]4(C)[C@]3(C)CC[C@H]2C1(C)C. The molecule has 0 amide bonds. The van der Waals surface area contributed by atoms with Gasteiger partial charge in [0.2, 0.25) is 0 Å². The van der Waals surface area contributed by atoms with Crippen molar-refractivity contribution in [2.45, 2.75) is 126 Å². The minimum atomic E-state index is -0.508. The maximum atomic E-state index is 12.8. The van der Waals surface area contributed by atoms with Gasteiger partial charge in [-0.2, -0.15) is 0 Å². The maximum Gasteiger partial charge on any atom is 0.309 e. The Kier molecular flexibility index (Phi) is 6.06. The summed E-state index contributed by atoms with van der Waals surface area (Å²) in [5.41, 5.74) is 0.169. The fraction of sp³-hybridized carbons (Fsp3) is 0.938. The number of fused-ring (bicyclic) bond motifs is 7. The zero-order valence-electron chi connectivity index (χ0n) is 24.3. The van der Waals surface area contributed by atoms with Crippen LogP contribution in [0.3, 0.4) is 0 Å². The van der Waals surface area contributed by atoms with Gasteiger partial charge >= 0.3 is 11.9 Å². The zero-order chi connectivity index (χ0) is 26.5. The van der Waals surface area contributed by atoms with E-state index in [2.05, 4.69) is 48.5 Å². The third-order valence-corrected chi connectivity index (χ3v) is 14.0. The van der Waals surface area contributed by atoms with Crippen LogP contribution in [-0.2, 0) is 14.3 Å². The number of ether oxygens (including phenoxy) is 1. The highest BCUT2D eigenvalue weighted by Gasteiger charge is 2.72. The first-order valence-electron chi connectivity index (χ1n) is 15.1. The first-order valence-corrected chi connectivity index (χ1v) is 15.1. The van der Waals surface area contributed by atoms with Crippen LogP contribution in [0.1, 0.15) is 120 Å². The molecule has 5 saturated carbocycles. The summed E-state index contributed by atoms with van der Waals surface area (Å²) in [5, 5.41) is 10.6. The van der Waals surface area contributed by atoms with Crippen LogP contribution in [0.4, 0.5) is 0 Å². The molecule has 0 aromatic carbocycles. The van der Waals surface area contributed by atoms with E-state index in [9.17, 15) is 14.7 Å². The van der Waals surface area contributed by atoms with Gasteiger partial charge in [-0.15, -0.1) is 0 Å². The monoisotopic (exact) mass is 500 g/mol.